The van der Waals surface area contributed by atoms with Crippen molar-refractivity contribution in [1.29, 1.82) is 0 Å². The van der Waals surface area contributed by atoms with Gasteiger partial charge in [0.05, 0.1) is 6.54 Å². The molecule has 0 aliphatic carbocycles. The number of hydrogen-bond donors (Lipinski definition) is 3. The average molecular weight is 514 g/mol. The van der Waals surface area contributed by atoms with Crippen molar-refractivity contribution in [2.75, 3.05) is 32.6 Å². The Hall–Kier alpha value is -1.95. The number of rotatable bonds is 9. The van der Waals surface area contributed by atoms with Gasteiger partial charge in [-0.3, -0.25) is 4.99 Å². The minimum absolute atomic E-state index is 0. The molecule has 0 bridgehead atoms. The highest BCUT2D eigenvalue weighted by Gasteiger charge is 2.22. The summed E-state index contributed by atoms with van der Waals surface area (Å²) in [5, 5.41) is 14.7. The quantitative estimate of drug-likeness (QED) is 0.203. The maximum Gasteiger partial charge on any atom is 0.191 e. The summed E-state index contributed by atoms with van der Waals surface area (Å²) >= 11 is 0. The molecule has 3 rings (SSSR count). The third-order valence-corrected chi connectivity index (χ3v) is 4.61. The number of anilines is 1. The van der Waals surface area contributed by atoms with Crippen LogP contribution in [0, 0.1) is 0 Å². The molecule has 10 heteroatoms. The summed E-state index contributed by atoms with van der Waals surface area (Å²) in [6.45, 7) is 3.03. The molecule has 160 valence electrons. The molecule has 0 amide bonds. The van der Waals surface area contributed by atoms with E-state index in [2.05, 4.69) is 36.0 Å². The second kappa shape index (κ2) is 12.6. The van der Waals surface area contributed by atoms with Gasteiger partial charge in [-0.25, -0.2) is 14.6 Å². The number of aliphatic imine (C=N–C) groups is 1. The summed E-state index contributed by atoms with van der Waals surface area (Å²) in [4.78, 5) is 13.1. The highest BCUT2D eigenvalue weighted by molar-refractivity contribution is 14.0. The van der Waals surface area contributed by atoms with Crippen molar-refractivity contribution < 1.29 is 4.74 Å². The predicted molar refractivity (Wildman–Crippen MR) is 125 cm³/mol. The van der Waals surface area contributed by atoms with Gasteiger partial charge in [0, 0.05) is 45.9 Å². The van der Waals surface area contributed by atoms with Crippen LogP contribution in [0.25, 0.3) is 0 Å². The lowest BCUT2D eigenvalue weighted by molar-refractivity contribution is 0.177. The number of nitrogens with zero attached hydrogens (tertiary/aromatic N) is 5. The van der Waals surface area contributed by atoms with Crippen LogP contribution in [-0.4, -0.2) is 59.0 Å². The van der Waals surface area contributed by atoms with E-state index in [1.54, 1.807) is 20.4 Å². The lowest BCUT2D eigenvalue weighted by atomic mass is 10.1. The minimum atomic E-state index is 0. The molecule has 3 heterocycles. The van der Waals surface area contributed by atoms with E-state index in [-0.39, 0.29) is 24.0 Å². The zero-order valence-corrected chi connectivity index (χ0v) is 19.4. The van der Waals surface area contributed by atoms with E-state index in [1.807, 2.05) is 22.9 Å². The largest absolute Gasteiger partial charge is 0.377 e. The van der Waals surface area contributed by atoms with E-state index in [9.17, 15) is 0 Å². The monoisotopic (exact) mass is 514 g/mol. The van der Waals surface area contributed by atoms with Crippen LogP contribution >= 0.6 is 24.0 Å². The van der Waals surface area contributed by atoms with E-state index in [0.717, 1.165) is 68.7 Å². The molecule has 0 spiro atoms. The van der Waals surface area contributed by atoms with Gasteiger partial charge in [0.2, 0.25) is 0 Å². The maximum atomic E-state index is 5.12. The van der Waals surface area contributed by atoms with E-state index >= 15 is 0 Å². The molecule has 1 atom stereocenters. The Labute approximate surface area is 189 Å². The van der Waals surface area contributed by atoms with Gasteiger partial charge in [-0.1, -0.05) is 6.07 Å². The zero-order valence-electron chi connectivity index (χ0n) is 17.1. The van der Waals surface area contributed by atoms with Gasteiger partial charge >= 0.3 is 0 Å². The molecule has 9 nitrogen and oxygen atoms in total. The molecule has 29 heavy (non-hydrogen) atoms. The number of pyridine rings is 1. The Bertz CT molecular complexity index is 752. The molecule has 0 saturated heterocycles. The van der Waals surface area contributed by atoms with Crippen molar-refractivity contribution >= 4 is 35.8 Å². The normalized spacial score (nSPS) is 15.9. The number of halogens is 1. The molecule has 0 radical (unpaired) electrons. The number of aryl methyl sites for hydroxylation is 1. The van der Waals surface area contributed by atoms with E-state index < -0.39 is 0 Å². The van der Waals surface area contributed by atoms with Gasteiger partial charge in [0.25, 0.3) is 0 Å². The fourth-order valence-electron chi connectivity index (χ4n) is 3.20. The molecule has 1 unspecified atom stereocenters. The van der Waals surface area contributed by atoms with Gasteiger partial charge < -0.3 is 20.7 Å². The summed E-state index contributed by atoms with van der Waals surface area (Å²) in [5.41, 5.74) is 0. The van der Waals surface area contributed by atoms with Crippen molar-refractivity contribution in [3.63, 3.8) is 0 Å². The number of aromatic nitrogens is 4. The summed E-state index contributed by atoms with van der Waals surface area (Å²) in [5.74, 6) is 3.54. The zero-order chi connectivity index (χ0) is 19.6. The van der Waals surface area contributed by atoms with Crippen LogP contribution in [0.3, 0.4) is 0 Å². The van der Waals surface area contributed by atoms with Gasteiger partial charge in [-0.2, -0.15) is 5.10 Å². The van der Waals surface area contributed by atoms with Crippen LogP contribution in [0.15, 0.2) is 29.4 Å². The van der Waals surface area contributed by atoms with Gasteiger partial charge in [-0.15, -0.1) is 24.0 Å². The smallest absolute Gasteiger partial charge is 0.191 e. The van der Waals surface area contributed by atoms with Crippen molar-refractivity contribution in [2.45, 2.75) is 44.9 Å². The fourth-order valence-corrected chi connectivity index (χ4v) is 3.20. The van der Waals surface area contributed by atoms with Crippen LogP contribution in [0.1, 0.15) is 30.9 Å². The van der Waals surface area contributed by atoms with Crippen LogP contribution in [-0.2, 0) is 24.3 Å². The molecule has 1 aliphatic rings. The summed E-state index contributed by atoms with van der Waals surface area (Å²) in [7, 11) is 3.47. The van der Waals surface area contributed by atoms with Crippen LogP contribution in [0.5, 0.6) is 0 Å². The predicted octanol–water partition coefficient (Wildman–Crippen LogP) is 1.81. The second-order valence-corrected chi connectivity index (χ2v) is 6.79. The number of unbranched alkanes of at least 4 members (excludes halogenated alkanes) is 1. The average Bonchev–Trinajstić information content (AvgIpc) is 3.12. The molecule has 0 fully saturated rings. The maximum absolute atomic E-state index is 5.12. The number of nitrogens with one attached hydrogen (secondary N) is 3. The molecule has 2 aromatic rings. The fraction of sp³-hybridized carbons (Fsp3) is 0.579. The van der Waals surface area contributed by atoms with Crippen molar-refractivity contribution in [3.05, 3.63) is 36.0 Å². The first kappa shape index (κ1) is 23.3. The Morgan fingerprint density at radius 1 is 1.31 bits per heavy atom. The highest BCUT2D eigenvalue weighted by atomic mass is 127. The standard InChI is InChI=1S/C19H30N8O.HI/c1-20-19(23-12-6-5-11-22-16-7-3-4-10-21-16)24-15-8-9-18-25-17(14-28-2)26-27(18)13-15;/h3-4,7,10,15H,5-6,8-9,11-14H2,1-2H3,(H,21,22)(H2,20,23,24);1H. The molecule has 2 aromatic heterocycles. The lowest BCUT2D eigenvalue weighted by Crippen LogP contribution is -2.47. The molecular weight excluding hydrogens is 483 g/mol. The molecule has 0 aromatic carbocycles. The minimum Gasteiger partial charge on any atom is -0.377 e. The Kier molecular flexibility index (Phi) is 10.1. The number of guanidine groups is 1. The number of ether oxygens (including phenoxy) is 1. The van der Waals surface area contributed by atoms with E-state index in [1.165, 1.54) is 0 Å². The van der Waals surface area contributed by atoms with Crippen LogP contribution < -0.4 is 16.0 Å². The van der Waals surface area contributed by atoms with Crippen molar-refractivity contribution in [2.24, 2.45) is 4.99 Å². The Balaban J connectivity index is 0.00000300. The number of fused-ring (bicyclic) bond motifs is 1. The molecular formula is C19H31IN8O. The van der Waals surface area contributed by atoms with Gasteiger partial charge in [-0.05, 0) is 31.4 Å². The topological polar surface area (TPSA) is 101 Å². The third kappa shape index (κ3) is 7.42. The first-order chi connectivity index (χ1) is 13.8. The molecule has 1 aliphatic heterocycles. The summed E-state index contributed by atoms with van der Waals surface area (Å²) < 4.78 is 7.10. The first-order valence-corrected chi connectivity index (χ1v) is 9.82. The summed E-state index contributed by atoms with van der Waals surface area (Å²) in [6.07, 6.45) is 5.84. The molecule has 0 saturated carbocycles. The second-order valence-electron chi connectivity index (χ2n) is 6.79. The number of methoxy groups -OCH3 is 1. The van der Waals surface area contributed by atoms with Crippen molar-refractivity contribution in [3.8, 4) is 0 Å². The molecule has 3 N–H and O–H groups in total. The van der Waals surface area contributed by atoms with E-state index in [4.69, 9.17) is 4.74 Å². The Morgan fingerprint density at radius 3 is 2.93 bits per heavy atom. The van der Waals surface area contributed by atoms with Crippen LogP contribution in [0.4, 0.5) is 5.82 Å². The van der Waals surface area contributed by atoms with Gasteiger partial charge in [0.15, 0.2) is 11.8 Å². The van der Waals surface area contributed by atoms with Gasteiger partial charge in [0.1, 0.15) is 18.2 Å². The summed E-state index contributed by atoms with van der Waals surface area (Å²) in [6, 6.07) is 6.18. The SMILES string of the molecule is CN=C(NCCCCNc1ccccn1)NC1CCc2nc(COC)nn2C1.I. The Morgan fingerprint density at radius 2 is 2.17 bits per heavy atom. The lowest BCUT2D eigenvalue weighted by Gasteiger charge is -2.25. The third-order valence-electron chi connectivity index (χ3n) is 4.61. The van der Waals surface area contributed by atoms with E-state index in [0.29, 0.717) is 12.6 Å². The van der Waals surface area contributed by atoms with Crippen molar-refractivity contribution in [1.82, 2.24) is 30.4 Å². The number of hydrogen-bond acceptors (Lipinski definition) is 6. The highest BCUT2D eigenvalue weighted by Crippen LogP contribution is 2.13. The first-order valence-electron chi connectivity index (χ1n) is 9.82. The van der Waals surface area contributed by atoms with Crippen LogP contribution in [0.2, 0.25) is 0 Å².